The van der Waals surface area contributed by atoms with E-state index in [1.807, 2.05) is 12.1 Å². The summed E-state index contributed by atoms with van der Waals surface area (Å²) in [6.45, 7) is 6.55. The van der Waals surface area contributed by atoms with E-state index in [9.17, 15) is 9.59 Å². The van der Waals surface area contributed by atoms with Gasteiger partial charge in [0.1, 0.15) is 22.9 Å². The van der Waals surface area contributed by atoms with E-state index in [-0.39, 0.29) is 47.8 Å². The van der Waals surface area contributed by atoms with Crippen molar-refractivity contribution in [1.82, 2.24) is 9.88 Å². The van der Waals surface area contributed by atoms with Crippen molar-refractivity contribution in [3.05, 3.63) is 89.4 Å². The number of methoxy groups -OCH3 is 2. The predicted octanol–water partition coefficient (Wildman–Crippen LogP) is 8.13. The van der Waals surface area contributed by atoms with Crippen LogP contribution in [0, 0.1) is 24.1 Å². The summed E-state index contributed by atoms with van der Waals surface area (Å²) in [6, 6.07) is 20.1. The van der Waals surface area contributed by atoms with Crippen LogP contribution in [0.1, 0.15) is 75.1 Å². The smallest absolute Gasteiger partial charge is 0.250 e. The van der Waals surface area contributed by atoms with E-state index in [2.05, 4.69) is 43.2 Å². The van der Waals surface area contributed by atoms with Gasteiger partial charge in [-0.2, -0.15) is 0 Å². The second-order valence-electron chi connectivity index (χ2n) is 13.5. The standard InChI is InChI=1S/C38H44FN3O4/c1-24-34(27-14-8-10-16-30(27)40-24)35-28(37(35,2)3)22-33(43)42(23-25-13-7-9-15-29(25)39)38(19-11-6-12-20-38)36(44)41-31-18-17-26(45-4)21-32(31)46-5/h7-10,13-18,21,28,35,40H,6,11-12,19-20,22-23H2,1-5H3,(H,41,44)/t28-,35+/m0/s1. The van der Waals surface area contributed by atoms with Crippen LogP contribution in [0.4, 0.5) is 10.1 Å². The molecule has 1 aromatic heterocycles. The van der Waals surface area contributed by atoms with Crippen LogP contribution in [0.25, 0.3) is 10.9 Å². The van der Waals surface area contributed by atoms with Crippen molar-refractivity contribution in [3.8, 4) is 11.5 Å². The first-order valence-corrected chi connectivity index (χ1v) is 16.2. The highest BCUT2D eigenvalue weighted by atomic mass is 19.1. The monoisotopic (exact) mass is 625 g/mol. The number of amides is 2. The number of benzene rings is 3. The van der Waals surface area contributed by atoms with E-state index >= 15 is 4.39 Å². The molecular formula is C38H44FN3O4. The Hall–Kier alpha value is -4.33. The summed E-state index contributed by atoms with van der Waals surface area (Å²) in [5, 5.41) is 4.28. The molecule has 2 aliphatic carbocycles. The van der Waals surface area contributed by atoms with E-state index < -0.39 is 5.54 Å². The molecule has 4 aromatic rings. The average molecular weight is 626 g/mol. The van der Waals surface area contributed by atoms with E-state index in [1.165, 1.54) is 24.1 Å². The van der Waals surface area contributed by atoms with Crippen molar-refractivity contribution in [2.45, 2.75) is 77.3 Å². The lowest BCUT2D eigenvalue weighted by molar-refractivity contribution is -0.149. The van der Waals surface area contributed by atoms with Gasteiger partial charge in [-0.3, -0.25) is 9.59 Å². The van der Waals surface area contributed by atoms with Gasteiger partial charge >= 0.3 is 0 Å². The predicted molar refractivity (Wildman–Crippen MR) is 179 cm³/mol. The number of nitrogens with one attached hydrogen (secondary N) is 2. The number of para-hydroxylation sites is 1. The van der Waals surface area contributed by atoms with Crippen LogP contribution in [0.15, 0.2) is 66.7 Å². The van der Waals surface area contributed by atoms with Gasteiger partial charge in [0, 0.05) is 41.2 Å². The highest BCUT2D eigenvalue weighted by molar-refractivity contribution is 6.01. The fraction of sp³-hybridized carbons (Fsp3) is 0.421. The first kappa shape index (κ1) is 31.6. The first-order chi connectivity index (χ1) is 22.1. The van der Waals surface area contributed by atoms with Crippen LogP contribution in [0.3, 0.4) is 0 Å². The van der Waals surface area contributed by atoms with Gasteiger partial charge in [0.25, 0.3) is 0 Å². The Kier molecular flexibility index (Phi) is 8.57. The maximum atomic E-state index is 15.2. The zero-order chi connectivity index (χ0) is 32.6. The molecule has 2 fully saturated rings. The molecule has 2 saturated carbocycles. The summed E-state index contributed by atoms with van der Waals surface area (Å²) >= 11 is 0. The van der Waals surface area contributed by atoms with Crippen LogP contribution in [-0.4, -0.2) is 41.5 Å². The molecule has 0 radical (unpaired) electrons. The summed E-state index contributed by atoms with van der Waals surface area (Å²) in [7, 11) is 3.11. The third-order valence-corrected chi connectivity index (χ3v) is 10.6. The number of hydrogen-bond donors (Lipinski definition) is 2. The van der Waals surface area contributed by atoms with Gasteiger partial charge in [0.15, 0.2) is 0 Å². The SMILES string of the molecule is COc1ccc(NC(=O)C2(N(Cc3ccccc3F)C(=O)C[C@H]3[C@H](c4c(C)[nH]c5ccccc45)C3(C)C)CCCCC2)c(OC)c1. The zero-order valence-electron chi connectivity index (χ0n) is 27.4. The highest BCUT2D eigenvalue weighted by Crippen LogP contribution is 2.67. The summed E-state index contributed by atoms with van der Waals surface area (Å²) < 4.78 is 26.1. The number of halogens is 1. The van der Waals surface area contributed by atoms with Crippen molar-refractivity contribution in [3.63, 3.8) is 0 Å². The van der Waals surface area contributed by atoms with Crippen molar-refractivity contribution in [1.29, 1.82) is 0 Å². The van der Waals surface area contributed by atoms with Gasteiger partial charge < -0.3 is 24.7 Å². The molecule has 46 heavy (non-hydrogen) atoms. The lowest BCUT2D eigenvalue weighted by Crippen LogP contribution is -2.59. The largest absolute Gasteiger partial charge is 0.497 e. The molecule has 8 heteroatoms. The lowest BCUT2D eigenvalue weighted by Gasteiger charge is -2.45. The Morgan fingerprint density at radius 3 is 2.41 bits per heavy atom. The number of rotatable bonds is 10. The number of ether oxygens (including phenoxy) is 2. The number of carbonyl (C=O) groups is 2. The molecule has 0 unspecified atom stereocenters. The Morgan fingerprint density at radius 1 is 0.978 bits per heavy atom. The Morgan fingerprint density at radius 2 is 1.70 bits per heavy atom. The molecule has 3 aromatic carbocycles. The van der Waals surface area contributed by atoms with Gasteiger partial charge in [-0.05, 0) is 66.8 Å². The van der Waals surface area contributed by atoms with E-state index in [0.717, 1.165) is 30.5 Å². The summed E-state index contributed by atoms with van der Waals surface area (Å²) in [4.78, 5) is 34.4. The number of carbonyl (C=O) groups excluding carboxylic acids is 2. The van der Waals surface area contributed by atoms with Crippen molar-refractivity contribution >= 4 is 28.4 Å². The second-order valence-corrected chi connectivity index (χ2v) is 13.5. The minimum absolute atomic E-state index is 0.0165. The summed E-state index contributed by atoms with van der Waals surface area (Å²) in [5.41, 5.74) is 3.10. The molecule has 0 aliphatic heterocycles. The molecular weight excluding hydrogens is 581 g/mol. The minimum Gasteiger partial charge on any atom is -0.497 e. The number of fused-ring (bicyclic) bond motifs is 1. The minimum atomic E-state index is -1.15. The average Bonchev–Trinajstić information content (AvgIpc) is 3.40. The third kappa shape index (κ3) is 5.63. The van der Waals surface area contributed by atoms with Crippen molar-refractivity contribution < 1.29 is 23.5 Å². The van der Waals surface area contributed by atoms with E-state index in [1.54, 1.807) is 48.4 Å². The highest BCUT2D eigenvalue weighted by Gasteiger charge is 2.60. The molecule has 242 valence electrons. The number of H-pyrrole nitrogens is 1. The first-order valence-electron chi connectivity index (χ1n) is 16.2. The molecule has 2 atom stereocenters. The van der Waals surface area contributed by atoms with Gasteiger partial charge in [-0.1, -0.05) is 69.5 Å². The Labute approximate surface area is 270 Å². The molecule has 0 saturated heterocycles. The summed E-state index contributed by atoms with van der Waals surface area (Å²) in [6.07, 6.45) is 3.82. The fourth-order valence-electron chi connectivity index (χ4n) is 7.87. The van der Waals surface area contributed by atoms with Crippen molar-refractivity contribution in [2.24, 2.45) is 11.3 Å². The number of hydrogen-bond acceptors (Lipinski definition) is 4. The number of aryl methyl sites for hydroxylation is 1. The van der Waals surface area contributed by atoms with Crippen LogP contribution in [-0.2, 0) is 16.1 Å². The van der Waals surface area contributed by atoms with Crippen LogP contribution < -0.4 is 14.8 Å². The molecule has 2 amide bonds. The number of aromatic nitrogens is 1. The number of aromatic amines is 1. The van der Waals surface area contributed by atoms with Gasteiger partial charge in [0.2, 0.25) is 11.8 Å². The second kappa shape index (κ2) is 12.5. The normalized spacial score (nSPS) is 19.8. The van der Waals surface area contributed by atoms with Gasteiger partial charge in [-0.25, -0.2) is 4.39 Å². The topological polar surface area (TPSA) is 83.7 Å². The maximum Gasteiger partial charge on any atom is 0.250 e. The molecule has 2 N–H and O–H groups in total. The third-order valence-electron chi connectivity index (χ3n) is 10.6. The molecule has 0 spiro atoms. The summed E-state index contributed by atoms with van der Waals surface area (Å²) in [5.74, 6) is 0.531. The molecule has 0 bridgehead atoms. The Bertz CT molecular complexity index is 1760. The molecule has 2 aliphatic rings. The van der Waals surface area contributed by atoms with Gasteiger partial charge in [0.05, 0.1) is 19.9 Å². The maximum absolute atomic E-state index is 15.2. The fourth-order valence-corrected chi connectivity index (χ4v) is 7.87. The number of nitrogens with zero attached hydrogens (tertiary/aromatic N) is 1. The van der Waals surface area contributed by atoms with E-state index in [4.69, 9.17) is 9.47 Å². The zero-order valence-corrected chi connectivity index (χ0v) is 27.4. The van der Waals surface area contributed by atoms with Gasteiger partial charge in [-0.15, -0.1) is 0 Å². The van der Waals surface area contributed by atoms with E-state index in [0.29, 0.717) is 35.6 Å². The lowest BCUT2D eigenvalue weighted by atomic mass is 9.78. The molecule has 1 heterocycles. The van der Waals surface area contributed by atoms with Crippen LogP contribution in [0.5, 0.6) is 11.5 Å². The van der Waals surface area contributed by atoms with Crippen LogP contribution in [0.2, 0.25) is 0 Å². The molecule has 7 nitrogen and oxygen atoms in total. The van der Waals surface area contributed by atoms with Crippen LogP contribution >= 0.6 is 0 Å². The quantitative estimate of drug-likeness (QED) is 0.186. The number of anilines is 1. The molecule has 6 rings (SSSR count). The Balaban J connectivity index is 1.36. The van der Waals surface area contributed by atoms with Crippen molar-refractivity contribution in [2.75, 3.05) is 19.5 Å².